The first-order valence-corrected chi connectivity index (χ1v) is 20.0. The van der Waals surface area contributed by atoms with E-state index in [0.29, 0.717) is 0 Å². The number of carbonyl (C=O) groups is 2. The summed E-state index contributed by atoms with van der Waals surface area (Å²) in [4.78, 5) is 37.6. The molecule has 0 radical (unpaired) electrons. The SMILES string of the molecule is CCN1C(=O)/C(=N/c2cc3c(s2)-c2sc4c5c(sc4c2OC3(F)F)-c2sc(/N=C3\SC(=C(C#N)C#N)N(CC)C3=O)cc2C(F)(F)O5)SC1=C(C#N)C#N. The van der Waals surface area contributed by atoms with Gasteiger partial charge in [0.1, 0.15) is 44.3 Å². The number of allylic oxidation sites excluding steroid dienone is 2. The van der Waals surface area contributed by atoms with Crippen LogP contribution in [0.4, 0.5) is 27.6 Å². The zero-order chi connectivity index (χ0) is 38.4. The Balaban J connectivity index is 1.19. The first-order valence-electron chi connectivity index (χ1n) is 15.1. The van der Waals surface area contributed by atoms with Gasteiger partial charge in [-0.05, 0) is 49.5 Å². The Labute approximate surface area is 324 Å². The summed E-state index contributed by atoms with van der Waals surface area (Å²) in [6.07, 6.45) is -7.75. The van der Waals surface area contributed by atoms with E-state index in [9.17, 15) is 30.6 Å². The van der Waals surface area contributed by atoms with E-state index in [1.54, 1.807) is 38.1 Å². The van der Waals surface area contributed by atoms with Gasteiger partial charge in [0.05, 0.1) is 40.0 Å². The fourth-order valence-corrected chi connectivity index (χ4v) is 12.9. The van der Waals surface area contributed by atoms with Gasteiger partial charge in [-0.15, -0.1) is 45.3 Å². The quantitative estimate of drug-likeness (QED) is 0.142. The Hall–Kier alpha value is -5.20. The summed E-state index contributed by atoms with van der Waals surface area (Å²) in [6, 6.07) is 9.09. The van der Waals surface area contributed by atoms with Crippen LogP contribution in [-0.2, 0) is 21.8 Å². The number of hydrogen-bond acceptors (Lipinski definition) is 16. The summed E-state index contributed by atoms with van der Waals surface area (Å²) in [7, 11) is 0. The molecule has 0 unspecified atom stereocenters. The van der Waals surface area contributed by atoms with Crippen molar-refractivity contribution in [1.82, 2.24) is 9.80 Å². The van der Waals surface area contributed by atoms with Crippen LogP contribution >= 0.6 is 68.9 Å². The lowest BCUT2D eigenvalue weighted by molar-refractivity contribution is -0.186. The van der Waals surface area contributed by atoms with Crippen molar-refractivity contribution < 1.29 is 36.6 Å². The van der Waals surface area contributed by atoms with Crippen LogP contribution in [0.15, 0.2) is 43.3 Å². The van der Waals surface area contributed by atoms with Gasteiger partial charge >= 0.3 is 12.2 Å². The molecule has 0 bridgehead atoms. The highest BCUT2D eigenvalue weighted by atomic mass is 32.2. The van der Waals surface area contributed by atoms with E-state index < -0.39 is 35.2 Å². The lowest BCUT2D eigenvalue weighted by atomic mass is 10.1. The molecule has 8 rings (SSSR count). The first kappa shape index (κ1) is 35.8. The van der Waals surface area contributed by atoms with Gasteiger partial charge < -0.3 is 9.47 Å². The number of thioether (sulfide) groups is 2. The number of amides is 2. The summed E-state index contributed by atoms with van der Waals surface area (Å²) in [5, 5.41) is 37.3. The molecule has 54 heavy (non-hydrogen) atoms. The Morgan fingerprint density at radius 2 is 1.04 bits per heavy atom. The summed E-state index contributed by atoms with van der Waals surface area (Å²) >= 11 is 5.05. The van der Waals surface area contributed by atoms with Crippen molar-refractivity contribution >= 4 is 110 Å². The molecule has 2 saturated heterocycles. The third-order valence-electron chi connectivity index (χ3n) is 8.04. The highest BCUT2D eigenvalue weighted by Crippen LogP contribution is 2.65. The molecule has 0 atom stereocenters. The van der Waals surface area contributed by atoms with Crippen LogP contribution in [0.1, 0.15) is 25.0 Å². The standard InChI is InChI=1S/C32H12F4N8O4S6/c1-3-43-27(45)25(53-29(43)11(7-37)8-38)41-15-5-13-19(49-15)21-17(47-31(13,33)34)23-24(51-21)18-22(52-23)20-14(32(35,36)48-18)6-16(50-20)42-26-28(46)44(4-2)30(54-26)12(9-39)10-40/h5-6H,3-4H2,1-2H3/b41-25-,42-26-. The number of carbonyl (C=O) groups excluding carboxylic acids is 2. The number of rotatable bonds is 4. The molecule has 268 valence electrons. The summed E-state index contributed by atoms with van der Waals surface area (Å²) in [6.45, 7) is 3.54. The molecule has 0 aromatic carbocycles. The largest absolute Gasteiger partial charge is 0.428 e. The minimum atomic E-state index is -3.87. The minimum Gasteiger partial charge on any atom is -0.426 e. The zero-order valence-corrected chi connectivity index (χ0v) is 31.6. The van der Waals surface area contributed by atoms with Crippen LogP contribution < -0.4 is 9.47 Å². The number of ether oxygens (including phenoxy) is 2. The average Bonchev–Trinajstić information content (AvgIpc) is 3.98. The maximum absolute atomic E-state index is 15.7. The molecule has 4 aliphatic rings. The molecule has 8 heterocycles. The van der Waals surface area contributed by atoms with E-state index in [1.807, 2.05) is 0 Å². The molecule has 0 N–H and O–H groups in total. The second-order valence-electron chi connectivity index (χ2n) is 11.0. The number of nitriles is 4. The number of nitrogens with zero attached hydrogens (tertiary/aromatic N) is 8. The molecule has 2 fully saturated rings. The van der Waals surface area contributed by atoms with E-state index in [1.165, 1.54) is 9.80 Å². The number of alkyl halides is 4. The van der Waals surface area contributed by atoms with Crippen molar-refractivity contribution in [3.05, 3.63) is 44.5 Å². The lowest BCUT2D eigenvalue weighted by Gasteiger charge is -2.23. The molecule has 0 saturated carbocycles. The van der Waals surface area contributed by atoms with Crippen LogP contribution in [0.25, 0.3) is 28.9 Å². The van der Waals surface area contributed by atoms with Gasteiger partial charge in [-0.25, -0.2) is 9.98 Å². The van der Waals surface area contributed by atoms with Crippen LogP contribution in [0.2, 0.25) is 0 Å². The van der Waals surface area contributed by atoms with Crippen molar-refractivity contribution in [2.45, 2.75) is 26.1 Å². The molecule has 0 spiro atoms. The van der Waals surface area contributed by atoms with Gasteiger partial charge in [-0.2, -0.15) is 38.6 Å². The summed E-state index contributed by atoms with van der Waals surface area (Å²) in [5.74, 6) is -1.69. The smallest absolute Gasteiger partial charge is 0.426 e. The Bertz CT molecular complexity index is 2510. The Morgan fingerprint density at radius 1 is 0.667 bits per heavy atom. The van der Waals surface area contributed by atoms with E-state index in [2.05, 4.69) is 9.98 Å². The normalized spacial score (nSPS) is 19.1. The van der Waals surface area contributed by atoms with Crippen molar-refractivity contribution in [1.29, 1.82) is 21.0 Å². The highest BCUT2D eigenvalue weighted by molar-refractivity contribution is 8.20. The lowest BCUT2D eigenvalue weighted by Crippen LogP contribution is -2.26. The molecule has 4 aliphatic heterocycles. The van der Waals surface area contributed by atoms with Gasteiger partial charge in [0.2, 0.25) is 0 Å². The predicted octanol–water partition coefficient (Wildman–Crippen LogP) is 9.07. The van der Waals surface area contributed by atoms with E-state index in [4.69, 9.17) is 9.47 Å². The van der Waals surface area contributed by atoms with Crippen molar-refractivity contribution in [3.63, 3.8) is 0 Å². The predicted molar refractivity (Wildman–Crippen MR) is 196 cm³/mol. The molecule has 12 nitrogen and oxygen atoms in total. The molecule has 2 amide bonds. The van der Waals surface area contributed by atoms with Gasteiger partial charge in [-0.1, -0.05) is 0 Å². The average molecular weight is 841 g/mol. The Morgan fingerprint density at radius 3 is 1.37 bits per heavy atom. The zero-order valence-electron chi connectivity index (χ0n) is 26.7. The number of aliphatic imine (C=N–C) groups is 2. The van der Waals surface area contributed by atoms with E-state index >= 15 is 17.6 Å². The second-order valence-corrected chi connectivity index (χ2v) is 17.1. The second kappa shape index (κ2) is 12.7. The van der Waals surface area contributed by atoms with Gasteiger partial charge in [0.25, 0.3) is 11.8 Å². The number of halogens is 4. The van der Waals surface area contributed by atoms with Crippen molar-refractivity contribution in [2.75, 3.05) is 13.1 Å². The van der Waals surface area contributed by atoms with Crippen molar-refractivity contribution in [3.8, 4) is 55.3 Å². The maximum atomic E-state index is 15.7. The van der Waals surface area contributed by atoms with E-state index in [0.717, 1.165) is 81.0 Å². The van der Waals surface area contributed by atoms with Crippen LogP contribution in [0, 0.1) is 45.3 Å². The summed E-state index contributed by atoms with van der Waals surface area (Å²) < 4.78 is 73.4. The third-order valence-corrected chi connectivity index (χ3v) is 15.1. The molecule has 4 aromatic rings. The summed E-state index contributed by atoms with van der Waals surface area (Å²) in [5.41, 5.74) is -1.68. The van der Waals surface area contributed by atoms with Gasteiger partial charge in [-0.3, -0.25) is 19.4 Å². The molecule has 22 heteroatoms. The van der Waals surface area contributed by atoms with Gasteiger partial charge in [0.15, 0.2) is 32.7 Å². The fraction of sp³-hybridized carbons (Fsp3) is 0.188. The highest BCUT2D eigenvalue weighted by Gasteiger charge is 2.50. The van der Waals surface area contributed by atoms with E-state index in [-0.39, 0.29) is 94.8 Å². The molecular formula is C32H12F4N8O4S6. The van der Waals surface area contributed by atoms with Crippen LogP contribution in [-0.4, -0.2) is 44.8 Å². The first-order chi connectivity index (χ1) is 25.8. The van der Waals surface area contributed by atoms with Crippen molar-refractivity contribution in [2.24, 2.45) is 9.98 Å². The minimum absolute atomic E-state index is 0.0127. The van der Waals surface area contributed by atoms with Crippen LogP contribution in [0.5, 0.6) is 11.5 Å². The number of thiophene rings is 4. The van der Waals surface area contributed by atoms with Gasteiger partial charge in [0, 0.05) is 13.1 Å². The third kappa shape index (κ3) is 5.25. The number of hydrogen-bond donors (Lipinski definition) is 0. The molecule has 4 aromatic heterocycles. The molecule has 0 aliphatic carbocycles. The monoisotopic (exact) mass is 840 g/mol. The molecular weight excluding hydrogens is 829 g/mol. The van der Waals surface area contributed by atoms with Crippen LogP contribution in [0.3, 0.4) is 0 Å². The topological polar surface area (TPSA) is 179 Å². The fourth-order valence-electron chi connectivity index (χ4n) is 5.71. The maximum Gasteiger partial charge on any atom is 0.428 e. The number of fused-ring (bicyclic) bond motifs is 9. The Kier molecular flexibility index (Phi) is 8.42.